The number of ether oxygens (including phenoxy) is 1. The Morgan fingerprint density at radius 3 is 3.00 bits per heavy atom. The highest BCUT2D eigenvalue weighted by molar-refractivity contribution is 5.89. The molecular formula is C10H9NO3. The summed E-state index contributed by atoms with van der Waals surface area (Å²) in [5, 5.41) is 17.0. The molecule has 0 saturated carbocycles. The maximum atomic E-state index is 11.2. The van der Waals surface area contributed by atoms with Crippen molar-refractivity contribution >= 4 is 5.97 Å². The quantitative estimate of drug-likeness (QED) is 0.714. The molecule has 1 rings (SSSR count). The lowest BCUT2D eigenvalue weighted by molar-refractivity contribution is 0.0433. The molecule has 0 saturated heterocycles. The molecule has 1 aromatic rings. The Morgan fingerprint density at radius 1 is 1.57 bits per heavy atom. The summed E-state index contributed by atoms with van der Waals surface area (Å²) >= 11 is 0. The number of nitriles is 1. The minimum Gasteiger partial charge on any atom is -0.460 e. The SMILES string of the molecule is N#Cc1cccc(C(=O)OCCO)c1. The average molecular weight is 191 g/mol. The van der Waals surface area contributed by atoms with Gasteiger partial charge in [0.1, 0.15) is 6.61 Å². The van der Waals surface area contributed by atoms with Gasteiger partial charge in [-0.3, -0.25) is 0 Å². The fraction of sp³-hybridized carbons (Fsp3) is 0.200. The summed E-state index contributed by atoms with van der Waals surface area (Å²) in [7, 11) is 0. The maximum Gasteiger partial charge on any atom is 0.338 e. The van der Waals surface area contributed by atoms with Gasteiger partial charge in [-0.05, 0) is 18.2 Å². The van der Waals surface area contributed by atoms with Crippen LogP contribution in [-0.2, 0) is 4.74 Å². The zero-order valence-electron chi connectivity index (χ0n) is 7.43. The number of aliphatic hydroxyl groups is 1. The number of hydrogen-bond acceptors (Lipinski definition) is 4. The lowest BCUT2D eigenvalue weighted by Gasteiger charge is -2.02. The zero-order valence-corrected chi connectivity index (χ0v) is 7.43. The number of rotatable bonds is 3. The summed E-state index contributed by atoms with van der Waals surface area (Å²) in [6, 6.07) is 8.13. The Labute approximate surface area is 81.4 Å². The average Bonchev–Trinajstić information content (AvgIpc) is 2.26. The van der Waals surface area contributed by atoms with Crippen LogP contribution >= 0.6 is 0 Å². The lowest BCUT2D eigenvalue weighted by atomic mass is 10.1. The number of benzene rings is 1. The summed E-state index contributed by atoms with van der Waals surface area (Å²) in [6.45, 7) is -0.237. The van der Waals surface area contributed by atoms with E-state index in [1.54, 1.807) is 18.2 Å². The summed E-state index contributed by atoms with van der Waals surface area (Å²) in [6.07, 6.45) is 0. The van der Waals surface area contributed by atoms with Gasteiger partial charge in [-0.2, -0.15) is 5.26 Å². The van der Waals surface area contributed by atoms with Crippen LogP contribution in [0.1, 0.15) is 15.9 Å². The van der Waals surface area contributed by atoms with E-state index < -0.39 is 5.97 Å². The van der Waals surface area contributed by atoms with Gasteiger partial charge >= 0.3 is 5.97 Å². The predicted octanol–water partition coefficient (Wildman–Crippen LogP) is 0.707. The molecule has 0 bridgehead atoms. The first kappa shape index (κ1) is 10.2. The second kappa shape index (κ2) is 5.00. The number of esters is 1. The van der Waals surface area contributed by atoms with Crippen molar-refractivity contribution in [1.29, 1.82) is 5.26 Å². The molecule has 0 aliphatic heterocycles. The molecule has 0 spiro atoms. The van der Waals surface area contributed by atoms with Crippen LogP contribution in [0.4, 0.5) is 0 Å². The Balaban J connectivity index is 2.75. The van der Waals surface area contributed by atoms with Gasteiger partial charge in [0.05, 0.1) is 23.8 Å². The Hall–Kier alpha value is -1.86. The van der Waals surface area contributed by atoms with Gasteiger partial charge in [-0.25, -0.2) is 4.79 Å². The molecule has 1 aromatic carbocycles. The number of carbonyl (C=O) groups excluding carboxylic acids is 1. The fourth-order valence-corrected chi connectivity index (χ4v) is 0.937. The van der Waals surface area contributed by atoms with Crippen LogP contribution in [-0.4, -0.2) is 24.3 Å². The molecule has 72 valence electrons. The molecule has 0 radical (unpaired) electrons. The third-order valence-electron chi connectivity index (χ3n) is 1.55. The van der Waals surface area contributed by atoms with Crippen molar-refractivity contribution in [3.05, 3.63) is 35.4 Å². The fourth-order valence-electron chi connectivity index (χ4n) is 0.937. The number of nitrogens with zero attached hydrogens (tertiary/aromatic N) is 1. The van der Waals surface area contributed by atoms with E-state index in [0.717, 1.165) is 0 Å². The molecule has 14 heavy (non-hydrogen) atoms. The molecule has 0 amide bonds. The van der Waals surface area contributed by atoms with Crippen molar-refractivity contribution in [2.75, 3.05) is 13.2 Å². The van der Waals surface area contributed by atoms with E-state index in [9.17, 15) is 4.79 Å². The molecule has 0 aliphatic carbocycles. The zero-order chi connectivity index (χ0) is 10.4. The van der Waals surface area contributed by atoms with Gasteiger partial charge < -0.3 is 9.84 Å². The number of hydrogen-bond donors (Lipinski definition) is 1. The summed E-state index contributed by atoms with van der Waals surface area (Å²) < 4.78 is 4.68. The van der Waals surface area contributed by atoms with Gasteiger partial charge in [-0.15, -0.1) is 0 Å². The van der Waals surface area contributed by atoms with Crippen LogP contribution in [0.2, 0.25) is 0 Å². The van der Waals surface area contributed by atoms with E-state index >= 15 is 0 Å². The van der Waals surface area contributed by atoms with Gasteiger partial charge in [0.25, 0.3) is 0 Å². The monoisotopic (exact) mass is 191 g/mol. The smallest absolute Gasteiger partial charge is 0.338 e. The molecule has 0 aromatic heterocycles. The Bertz CT molecular complexity index is 368. The largest absolute Gasteiger partial charge is 0.460 e. The van der Waals surface area contributed by atoms with E-state index in [2.05, 4.69) is 4.74 Å². The number of aliphatic hydroxyl groups excluding tert-OH is 1. The molecule has 4 heteroatoms. The van der Waals surface area contributed by atoms with Gasteiger partial charge in [-0.1, -0.05) is 6.07 Å². The van der Waals surface area contributed by atoms with Crippen LogP contribution in [0.5, 0.6) is 0 Å². The lowest BCUT2D eigenvalue weighted by Crippen LogP contribution is -2.08. The summed E-state index contributed by atoms with van der Waals surface area (Å²) in [4.78, 5) is 11.2. The van der Waals surface area contributed by atoms with E-state index in [4.69, 9.17) is 10.4 Å². The minimum absolute atomic E-state index is 0.0321. The molecular weight excluding hydrogens is 182 g/mol. The van der Waals surface area contributed by atoms with Crippen molar-refractivity contribution in [2.24, 2.45) is 0 Å². The molecule has 0 atom stereocenters. The Morgan fingerprint density at radius 2 is 2.36 bits per heavy atom. The standard InChI is InChI=1S/C10H9NO3/c11-7-8-2-1-3-9(6-8)10(13)14-5-4-12/h1-3,6,12H,4-5H2. The van der Waals surface area contributed by atoms with E-state index in [1.165, 1.54) is 6.07 Å². The first-order chi connectivity index (χ1) is 6.77. The molecule has 4 nitrogen and oxygen atoms in total. The van der Waals surface area contributed by atoms with Crippen LogP contribution in [0.15, 0.2) is 24.3 Å². The van der Waals surface area contributed by atoms with Crippen molar-refractivity contribution in [3.8, 4) is 6.07 Å². The van der Waals surface area contributed by atoms with E-state index in [-0.39, 0.29) is 13.2 Å². The van der Waals surface area contributed by atoms with Crippen molar-refractivity contribution in [1.82, 2.24) is 0 Å². The molecule has 0 heterocycles. The molecule has 0 fully saturated rings. The molecule has 0 aliphatic rings. The second-order valence-electron chi connectivity index (χ2n) is 2.55. The number of carbonyl (C=O) groups is 1. The summed E-state index contributed by atoms with van der Waals surface area (Å²) in [5.74, 6) is -0.531. The van der Waals surface area contributed by atoms with Crippen LogP contribution < -0.4 is 0 Å². The van der Waals surface area contributed by atoms with Gasteiger partial charge in [0.2, 0.25) is 0 Å². The van der Waals surface area contributed by atoms with Gasteiger partial charge in [0, 0.05) is 0 Å². The highest BCUT2D eigenvalue weighted by Gasteiger charge is 2.06. The topological polar surface area (TPSA) is 70.3 Å². The van der Waals surface area contributed by atoms with E-state index in [1.807, 2.05) is 6.07 Å². The first-order valence-electron chi connectivity index (χ1n) is 4.06. The van der Waals surface area contributed by atoms with E-state index in [0.29, 0.717) is 11.1 Å². The van der Waals surface area contributed by atoms with Crippen molar-refractivity contribution in [3.63, 3.8) is 0 Å². The minimum atomic E-state index is -0.531. The third kappa shape index (κ3) is 2.57. The maximum absolute atomic E-state index is 11.2. The predicted molar refractivity (Wildman–Crippen MR) is 48.5 cm³/mol. The van der Waals surface area contributed by atoms with Crippen molar-refractivity contribution < 1.29 is 14.6 Å². The first-order valence-corrected chi connectivity index (χ1v) is 4.06. The van der Waals surface area contributed by atoms with Crippen LogP contribution in [0.25, 0.3) is 0 Å². The van der Waals surface area contributed by atoms with Crippen molar-refractivity contribution in [2.45, 2.75) is 0 Å². The summed E-state index contributed by atoms with van der Waals surface area (Å²) in [5.41, 5.74) is 0.723. The van der Waals surface area contributed by atoms with Crippen LogP contribution in [0, 0.1) is 11.3 Å². The molecule has 1 N–H and O–H groups in total. The highest BCUT2D eigenvalue weighted by atomic mass is 16.5. The van der Waals surface area contributed by atoms with Crippen LogP contribution in [0.3, 0.4) is 0 Å². The third-order valence-corrected chi connectivity index (χ3v) is 1.55. The Kier molecular flexibility index (Phi) is 3.65. The molecule has 0 unspecified atom stereocenters. The normalized spacial score (nSPS) is 9.14. The highest BCUT2D eigenvalue weighted by Crippen LogP contribution is 2.05. The van der Waals surface area contributed by atoms with Gasteiger partial charge in [0.15, 0.2) is 0 Å². The second-order valence-corrected chi connectivity index (χ2v) is 2.55.